The zero-order valence-corrected chi connectivity index (χ0v) is 12.5. The highest BCUT2D eigenvalue weighted by Gasteiger charge is 2.16. The molecule has 2 rings (SSSR count). The summed E-state index contributed by atoms with van der Waals surface area (Å²) < 4.78 is 32.0. The molecule has 0 spiro atoms. The molecule has 0 bridgehead atoms. The zero-order chi connectivity index (χ0) is 15.0. The van der Waals surface area contributed by atoms with Gasteiger partial charge in [-0.15, -0.1) is 11.6 Å². The van der Waals surface area contributed by atoms with Gasteiger partial charge in [-0.25, -0.2) is 8.42 Å². The fourth-order valence-corrected chi connectivity index (χ4v) is 2.11. The maximum absolute atomic E-state index is 9.45. The molecule has 0 saturated heterocycles. The summed E-state index contributed by atoms with van der Waals surface area (Å²) in [4.78, 5) is 4.28. The van der Waals surface area contributed by atoms with E-state index in [1.165, 1.54) is 18.1 Å². The van der Waals surface area contributed by atoms with E-state index >= 15 is 0 Å². The van der Waals surface area contributed by atoms with Crippen LogP contribution in [0.25, 0.3) is 5.57 Å². The molecular formula is C13H15ClNO4S. The third-order valence-corrected chi connectivity index (χ3v) is 3.08. The minimum atomic E-state index is -4.42. The Morgan fingerprint density at radius 3 is 2.60 bits per heavy atom. The lowest BCUT2D eigenvalue weighted by Gasteiger charge is -2.04. The number of rotatable bonds is 4. The normalized spacial score (nSPS) is 13.1. The fraction of sp³-hybridized carbons (Fsp3) is 0.308. The average Bonchev–Trinajstić information content (AvgIpc) is 2.39. The Morgan fingerprint density at radius 2 is 2.05 bits per heavy atom. The monoisotopic (exact) mass is 316 g/mol. The van der Waals surface area contributed by atoms with Crippen molar-refractivity contribution in [3.8, 4) is 0 Å². The number of fused-ring (bicyclic) bond motifs is 1. The summed E-state index contributed by atoms with van der Waals surface area (Å²) in [6.07, 6.45) is 4.78. The van der Waals surface area contributed by atoms with Gasteiger partial charge in [-0.3, -0.25) is 4.18 Å². The lowest BCUT2D eigenvalue weighted by Crippen LogP contribution is -2.02. The van der Waals surface area contributed by atoms with Crippen LogP contribution < -0.4 is 4.99 Å². The molecule has 1 aliphatic rings. The molecule has 0 unspecified atom stereocenters. The van der Waals surface area contributed by atoms with Gasteiger partial charge in [-0.05, 0) is 25.0 Å². The van der Waals surface area contributed by atoms with Gasteiger partial charge in [0.05, 0.1) is 17.2 Å². The van der Waals surface area contributed by atoms with E-state index in [0.717, 1.165) is 12.1 Å². The lowest BCUT2D eigenvalue weighted by molar-refractivity contribution is 0.275. The Hall–Kier alpha value is -1.21. The molecule has 0 saturated carbocycles. The van der Waals surface area contributed by atoms with Gasteiger partial charge in [0.15, 0.2) is 0 Å². The summed E-state index contributed by atoms with van der Waals surface area (Å²) in [5, 5.41) is 0. The van der Waals surface area contributed by atoms with Gasteiger partial charge < -0.3 is 4.55 Å². The van der Waals surface area contributed by atoms with Crippen molar-refractivity contribution in [2.24, 2.45) is 0 Å². The molecule has 1 heterocycles. The van der Waals surface area contributed by atoms with Crippen molar-refractivity contribution in [2.75, 3.05) is 12.5 Å². The third kappa shape index (κ3) is 5.83. The number of allylic oxidation sites excluding steroid dienone is 2. The maximum Gasteiger partial charge on any atom is 0.284 e. The van der Waals surface area contributed by atoms with Crippen molar-refractivity contribution in [1.82, 2.24) is 4.99 Å². The van der Waals surface area contributed by atoms with Crippen molar-refractivity contribution >= 4 is 39.5 Å². The van der Waals surface area contributed by atoms with E-state index in [1.54, 1.807) is 0 Å². The fourth-order valence-electron chi connectivity index (χ4n) is 1.62. The molecule has 20 heavy (non-hydrogen) atoms. The van der Waals surface area contributed by atoms with Gasteiger partial charge in [0.1, 0.15) is 0 Å². The number of benzene rings is 1. The average molecular weight is 317 g/mol. The number of hydrogen-bond acceptors (Lipinski definition) is 5. The summed E-state index contributed by atoms with van der Waals surface area (Å²) in [6.45, 7) is 1.33. The molecule has 1 aliphatic heterocycles. The number of halogens is 1. The second-order valence-corrected chi connectivity index (χ2v) is 5.17. The topological polar surface area (TPSA) is 80.5 Å². The molecule has 0 atom stereocenters. The summed E-state index contributed by atoms with van der Waals surface area (Å²) in [7, 11) is -4.42. The first-order chi connectivity index (χ1) is 9.48. The van der Waals surface area contributed by atoms with Gasteiger partial charge in [-0.1, -0.05) is 12.1 Å². The molecule has 7 heteroatoms. The highest BCUT2D eigenvalue weighted by atomic mass is 35.5. The molecule has 1 radical (unpaired) electrons. The second kappa shape index (κ2) is 8.16. The van der Waals surface area contributed by atoms with E-state index in [1.807, 2.05) is 30.5 Å². The SMILES string of the molecule is CCOS(=O)(=O)[O-].ClCCC1=CC=[N+]c2ccccc21. The molecule has 1 aromatic rings. The molecule has 1 aromatic carbocycles. The van der Waals surface area contributed by atoms with E-state index in [-0.39, 0.29) is 6.61 Å². The molecular weight excluding hydrogens is 302 g/mol. The summed E-state index contributed by atoms with van der Waals surface area (Å²) in [5.41, 5.74) is 3.54. The number of nitrogens with zero attached hydrogens (tertiary/aromatic N) is 1. The summed E-state index contributed by atoms with van der Waals surface area (Å²) >= 11 is 5.72. The molecule has 0 N–H and O–H groups in total. The summed E-state index contributed by atoms with van der Waals surface area (Å²) in [5.74, 6) is 0.661. The highest BCUT2D eigenvalue weighted by Crippen LogP contribution is 2.27. The molecule has 0 aliphatic carbocycles. The van der Waals surface area contributed by atoms with Gasteiger partial charge in [0.25, 0.3) is 5.69 Å². The van der Waals surface area contributed by atoms with Crippen LogP contribution in [0.1, 0.15) is 18.9 Å². The Bertz CT molecular complexity index is 596. The Labute approximate surface area is 123 Å². The molecule has 0 aromatic heterocycles. The van der Waals surface area contributed by atoms with Crippen molar-refractivity contribution in [2.45, 2.75) is 13.3 Å². The van der Waals surface area contributed by atoms with Crippen molar-refractivity contribution < 1.29 is 17.2 Å². The van der Waals surface area contributed by atoms with Gasteiger partial charge in [-0.2, -0.15) is 0 Å². The van der Waals surface area contributed by atoms with Crippen LogP contribution in [0.15, 0.2) is 30.3 Å². The minimum absolute atomic E-state index is 0.0914. The number of alkyl halides is 1. The predicted octanol–water partition coefficient (Wildman–Crippen LogP) is 2.23. The van der Waals surface area contributed by atoms with Crippen LogP contribution in [0, 0.1) is 0 Å². The number of hydrogen-bond donors (Lipinski definition) is 0. The van der Waals surface area contributed by atoms with Crippen LogP contribution in [-0.4, -0.2) is 31.7 Å². The van der Waals surface area contributed by atoms with Crippen LogP contribution in [-0.2, 0) is 14.6 Å². The van der Waals surface area contributed by atoms with E-state index in [9.17, 15) is 13.0 Å². The largest absolute Gasteiger partial charge is 0.726 e. The van der Waals surface area contributed by atoms with Crippen LogP contribution in [0.5, 0.6) is 0 Å². The summed E-state index contributed by atoms with van der Waals surface area (Å²) in [6, 6.07) is 8.14. The Kier molecular flexibility index (Phi) is 6.87. The van der Waals surface area contributed by atoms with Crippen LogP contribution in [0.2, 0.25) is 0 Å². The number of aliphatic imine (C=N–C) groups is 1. The van der Waals surface area contributed by atoms with Crippen LogP contribution >= 0.6 is 11.6 Å². The third-order valence-electron chi connectivity index (χ3n) is 2.37. The Morgan fingerprint density at radius 1 is 1.35 bits per heavy atom. The first-order valence-corrected chi connectivity index (χ1v) is 7.83. The Balaban J connectivity index is 0.000000246. The van der Waals surface area contributed by atoms with Crippen molar-refractivity contribution in [3.63, 3.8) is 0 Å². The first-order valence-electron chi connectivity index (χ1n) is 5.96. The smallest absolute Gasteiger partial charge is 0.284 e. The van der Waals surface area contributed by atoms with E-state index in [2.05, 4.69) is 15.2 Å². The van der Waals surface area contributed by atoms with Crippen LogP contribution in [0.4, 0.5) is 5.69 Å². The number of para-hydroxylation sites is 1. The van der Waals surface area contributed by atoms with Gasteiger partial charge >= 0.3 is 0 Å². The van der Waals surface area contributed by atoms with Crippen LogP contribution in [0.3, 0.4) is 0 Å². The maximum atomic E-state index is 9.45. The molecule has 0 amide bonds. The first kappa shape index (κ1) is 16.8. The molecule has 5 nitrogen and oxygen atoms in total. The van der Waals surface area contributed by atoms with E-state index < -0.39 is 10.4 Å². The minimum Gasteiger partial charge on any atom is -0.726 e. The van der Waals surface area contributed by atoms with Crippen molar-refractivity contribution in [3.05, 3.63) is 35.9 Å². The molecule has 0 fully saturated rings. The second-order valence-electron chi connectivity index (χ2n) is 3.74. The zero-order valence-electron chi connectivity index (χ0n) is 11.0. The van der Waals surface area contributed by atoms with E-state index in [4.69, 9.17) is 11.6 Å². The quantitative estimate of drug-likeness (QED) is 0.484. The standard InChI is InChI=1S/C11H10ClN.C2H6O4S/c12-7-5-9-6-8-13-11-4-2-1-3-10(9)11;1-2-6-7(3,4)5/h1-4,6,8H,5,7H2;2H2,1H3,(H,3,4,5)/q+1;/p-1. The van der Waals surface area contributed by atoms with Gasteiger partial charge in [0.2, 0.25) is 16.6 Å². The van der Waals surface area contributed by atoms with Crippen molar-refractivity contribution in [1.29, 1.82) is 0 Å². The van der Waals surface area contributed by atoms with Gasteiger partial charge in [0, 0.05) is 18.0 Å². The van der Waals surface area contributed by atoms with E-state index in [0.29, 0.717) is 5.88 Å². The highest BCUT2D eigenvalue weighted by molar-refractivity contribution is 7.80. The predicted molar refractivity (Wildman–Crippen MR) is 78.9 cm³/mol. The molecule has 109 valence electrons. The lowest BCUT2D eigenvalue weighted by atomic mass is 10.00.